The Morgan fingerprint density at radius 3 is 2.12 bits per heavy atom. The summed E-state index contributed by atoms with van der Waals surface area (Å²) in [4.78, 5) is 15.0. The Hall–Kier alpha value is -2.55. The van der Waals surface area contributed by atoms with E-state index in [0.29, 0.717) is 11.1 Å². The molecule has 0 radical (unpaired) electrons. The lowest BCUT2D eigenvalue weighted by molar-refractivity contribution is -0.274. The quantitative estimate of drug-likeness (QED) is 0.801. The first kappa shape index (κ1) is 18.8. The van der Waals surface area contributed by atoms with Crippen LogP contribution in [0.3, 0.4) is 0 Å². The highest BCUT2D eigenvalue weighted by molar-refractivity contribution is 5.88. The van der Waals surface area contributed by atoms with E-state index in [9.17, 15) is 26.7 Å². The summed E-state index contributed by atoms with van der Waals surface area (Å²) in [6.45, 7) is -0.503. The molecule has 0 bridgehead atoms. The number of carbonyl (C=O) groups is 1. The van der Waals surface area contributed by atoms with E-state index in [1.807, 2.05) is 0 Å². The predicted octanol–water partition coefficient (Wildman–Crippen LogP) is 3.53. The van der Waals surface area contributed by atoms with Crippen molar-refractivity contribution in [3.05, 3.63) is 48.3 Å². The Morgan fingerprint density at radius 2 is 1.64 bits per heavy atom. The number of carbonyl (C=O) groups excluding carboxylic acids is 1. The van der Waals surface area contributed by atoms with Crippen molar-refractivity contribution in [1.29, 1.82) is 0 Å². The largest absolute Gasteiger partial charge is 0.573 e. The van der Waals surface area contributed by atoms with Crippen molar-refractivity contribution >= 4 is 5.78 Å². The van der Waals surface area contributed by atoms with Crippen LogP contribution in [0.25, 0.3) is 11.1 Å². The zero-order valence-corrected chi connectivity index (χ0v) is 12.9. The molecule has 1 heterocycles. The van der Waals surface area contributed by atoms with Crippen molar-refractivity contribution in [2.75, 3.05) is 13.6 Å². The molecule has 0 spiro atoms. The maximum Gasteiger partial charge on any atom is 0.573 e. The van der Waals surface area contributed by atoms with E-state index in [-0.39, 0.29) is 0 Å². The van der Waals surface area contributed by atoms with Crippen molar-refractivity contribution in [3.8, 4) is 16.9 Å². The average molecular weight is 360 g/mol. The lowest BCUT2D eigenvalue weighted by Gasteiger charge is -2.14. The fourth-order valence-electron chi connectivity index (χ4n) is 2.01. The molecule has 0 aliphatic rings. The first-order valence-electron chi connectivity index (χ1n) is 7.02. The fourth-order valence-corrected chi connectivity index (χ4v) is 2.01. The summed E-state index contributed by atoms with van der Waals surface area (Å²) in [5.41, 5.74) is 0.158. The number of halogens is 5. The first-order chi connectivity index (χ1) is 11.6. The van der Waals surface area contributed by atoms with Crippen LogP contribution in [0.5, 0.6) is 5.75 Å². The molecule has 0 saturated heterocycles. The summed E-state index contributed by atoms with van der Waals surface area (Å²) in [6, 6.07) is 7.18. The number of alkyl halides is 5. The van der Waals surface area contributed by atoms with Crippen LogP contribution < -0.4 is 10.1 Å². The number of nitrogens with one attached hydrogen (secondary N) is 1. The molecule has 4 nitrogen and oxygen atoms in total. The third-order valence-corrected chi connectivity index (χ3v) is 3.19. The number of Topliss-reactive ketones (excluding diaryl/α,β-unsaturated/α-hetero) is 1. The van der Waals surface area contributed by atoms with Crippen LogP contribution in [-0.4, -0.2) is 30.7 Å². The summed E-state index contributed by atoms with van der Waals surface area (Å²) in [7, 11) is 1.37. The third kappa shape index (κ3) is 4.72. The van der Waals surface area contributed by atoms with Gasteiger partial charge in [0.05, 0.1) is 6.54 Å². The molecule has 0 saturated carbocycles. The number of rotatable bonds is 6. The maximum absolute atomic E-state index is 13.9. The van der Waals surface area contributed by atoms with E-state index in [1.54, 1.807) is 0 Å². The van der Waals surface area contributed by atoms with Crippen LogP contribution in [-0.2, 0) is 10.7 Å². The van der Waals surface area contributed by atoms with Gasteiger partial charge in [-0.1, -0.05) is 18.2 Å². The van der Waals surface area contributed by atoms with Gasteiger partial charge in [0.2, 0.25) is 5.78 Å². The summed E-state index contributed by atoms with van der Waals surface area (Å²) >= 11 is 0. The molecule has 0 unspecified atom stereocenters. The van der Waals surface area contributed by atoms with Crippen molar-refractivity contribution in [2.24, 2.45) is 0 Å². The Kier molecular flexibility index (Phi) is 5.36. The molecule has 1 aromatic carbocycles. The number of benzene rings is 1. The molecule has 2 aromatic rings. The van der Waals surface area contributed by atoms with E-state index in [2.05, 4.69) is 15.0 Å². The summed E-state index contributed by atoms with van der Waals surface area (Å²) in [6.07, 6.45) is -3.67. The summed E-state index contributed by atoms with van der Waals surface area (Å²) in [5, 5.41) is 2.35. The second-order valence-corrected chi connectivity index (χ2v) is 5.03. The van der Waals surface area contributed by atoms with E-state index < -0.39 is 36.1 Å². The van der Waals surface area contributed by atoms with Crippen LogP contribution in [0.4, 0.5) is 22.0 Å². The highest BCUT2D eigenvalue weighted by Crippen LogP contribution is 2.30. The number of aromatic nitrogens is 1. The average Bonchev–Trinajstić information content (AvgIpc) is 2.54. The van der Waals surface area contributed by atoms with E-state index in [1.165, 1.54) is 25.2 Å². The number of ketones is 1. The van der Waals surface area contributed by atoms with E-state index in [0.717, 1.165) is 24.4 Å². The van der Waals surface area contributed by atoms with E-state index in [4.69, 9.17) is 0 Å². The van der Waals surface area contributed by atoms with Gasteiger partial charge in [0.1, 0.15) is 11.4 Å². The standard InChI is InChI=1S/C16H13F5N2O2/c1-22-9-14(24)15(17,18)13-7-4-11(8-23-13)10-2-5-12(6-3-10)25-16(19,20)21/h2-8,22H,9H2,1H3. The molecule has 134 valence electrons. The number of ether oxygens (including phenoxy) is 1. The number of hydrogen-bond acceptors (Lipinski definition) is 4. The zero-order chi connectivity index (χ0) is 18.7. The van der Waals surface area contributed by atoms with Gasteiger partial charge in [-0.15, -0.1) is 13.2 Å². The summed E-state index contributed by atoms with van der Waals surface area (Å²) in [5.74, 6) is -5.44. The van der Waals surface area contributed by atoms with Crippen LogP contribution in [0.15, 0.2) is 42.6 Å². The van der Waals surface area contributed by atoms with Crippen molar-refractivity contribution < 1.29 is 31.5 Å². The minimum atomic E-state index is -4.80. The molecule has 25 heavy (non-hydrogen) atoms. The third-order valence-electron chi connectivity index (χ3n) is 3.19. The highest BCUT2D eigenvalue weighted by atomic mass is 19.4. The Bertz CT molecular complexity index is 728. The van der Waals surface area contributed by atoms with Gasteiger partial charge in [-0.2, -0.15) is 8.78 Å². The summed E-state index contributed by atoms with van der Waals surface area (Å²) < 4.78 is 67.9. The molecular formula is C16H13F5N2O2. The molecule has 0 fully saturated rings. The maximum atomic E-state index is 13.9. The Morgan fingerprint density at radius 1 is 1.04 bits per heavy atom. The predicted molar refractivity (Wildman–Crippen MR) is 79.2 cm³/mol. The monoisotopic (exact) mass is 360 g/mol. The number of hydrogen-bond donors (Lipinski definition) is 1. The van der Waals surface area contributed by atoms with Crippen LogP contribution in [0, 0.1) is 0 Å². The fraction of sp³-hybridized carbons (Fsp3) is 0.250. The minimum Gasteiger partial charge on any atom is -0.406 e. The van der Waals surface area contributed by atoms with Crippen LogP contribution in [0.1, 0.15) is 5.69 Å². The molecule has 1 aromatic heterocycles. The molecule has 0 aliphatic heterocycles. The van der Waals surface area contributed by atoms with Crippen molar-refractivity contribution in [1.82, 2.24) is 10.3 Å². The van der Waals surface area contributed by atoms with Crippen molar-refractivity contribution in [2.45, 2.75) is 12.3 Å². The lowest BCUT2D eigenvalue weighted by atomic mass is 10.1. The van der Waals surface area contributed by atoms with Crippen LogP contribution in [0.2, 0.25) is 0 Å². The van der Waals surface area contributed by atoms with Gasteiger partial charge in [-0.25, -0.2) is 0 Å². The van der Waals surface area contributed by atoms with E-state index >= 15 is 0 Å². The molecule has 0 aliphatic carbocycles. The molecule has 0 atom stereocenters. The SMILES string of the molecule is CNCC(=O)C(F)(F)c1ccc(-c2ccc(OC(F)(F)F)cc2)cn1. The highest BCUT2D eigenvalue weighted by Gasteiger charge is 2.41. The van der Waals surface area contributed by atoms with Gasteiger partial charge >= 0.3 is 12.3 Å². The van der Waals surface area contributed by atoms with Gasteiger partial charge in [0.25, 0.3) is 0 Å². The van der Waals surface area contributed by atoms with Gasteiger partial charge in [-0.3, -0.25) is 9.78 Å². The lowest BCUT2D eigenvalue weighted by Crippen LogP contribution is -2.34. The topological polar surface area (TPSA) is 51.2 Å². The number of likely N-dealkylation sites (N-methyl/N-ethyl adjacent to an activating group) is 1. The molecule has 1 N–H and O–H groups in total. The normalized spacial score (nSPS) is 12.1. The zero-order valence-electron chi connectivity index (χ0n) is 12.9. The number of nitrogens with zero attached hydrogens (tertiary/aromatic N) is 1. The minimum absolute atomic E-state index is 0.398. The molecule has 9 heteroatoms. The van der Waals surface area contributed by atoms with Gasteiger partial charge in [-0.05, 0) is 30.8 Å². The smallest absolute Gasteiger partial charge is 0.406 e. The Balaban J connectivity index is 2.18. The second-order valence-electron chi connectivity index (χ2n) is 5.03. The molecule has 0 amide bonds. The van der Waals surface area contributed by atoms with Crippen molar-refractivity contribution in [3.63, 3.8) is 0 Å². The first-order valence-corrected chi connectivity index (χ1v) is 7.02. The van der Waals surface area contributed by atoms with Gasteiger partial charge < -0.3 is 10.1 Å². The molecular weight excluding hydrogens is 347 g/mol. The Labute approximate surface area is 139 Å². The number of pyridine rings is 1. The van der Waals surface area contributed by atoms with Gasteiger partial charge in [0, 0.05) is 11.8 Å². The van der Waals surface area contributed by atoms with Crippen LogP contribution >= 0.6 is 0 Å². The molecule has 2 rings (SSSR count). The van der Waals surface area contributed by atoms with Gasteiger partial charge in [0.15, 0.2) is 0 Å². The second kappa shape index (κ2) is 7.14.